The fraction of sp³-hybridized carbons (Fsp3) is 0.385. The van der Waals surface area contributed by atoms with Crippen LogP contribution in [0.25, 0.3) is 11.0 Å². The lowest BCUT2D eigenvalue weighted by molar-refractivity contribution is 0.167. The van der Waals surface area contributed by atoms with Gasteiger partial charge in [-0.15, -0.1) is 0 Å². The van der Waals surface area contributed by atoms with Gasteiger partial charge in [-0.25, -0.2) is 0 Å². The highest BCUT2D eigenvalue weighted by Gasteiger charge is 2.16. The summed E-state index contributed by atoms with van der Waals surface area (Å²) in [6, 6.07) is 7.97. The van der Waals surface area contributed by atoms with Crippen LogP contribution >= 0.6 is 0 Å². The molecule has 0 amide bonds. The van der Waals surface area contributed by atoms with E-state index < -0.39 is 0 Å². The molecule has 1 N–H and O–H groups in total. The summed E-state index contributed by atoms with van der Waals surface area (Å²) in [5.41, 5.74) is 0.855. The Balaban J connectivity index is 1.85. The lowest BCUT2D eigenvalue weighted by Crippen LogP contribution is -2.37. The molecular formula is C13H15NO2. The topological polar surface area (TPSA) is 34.4 Å². The molecule has 2 aromatic rings. The SMILES string of the molecule is c1cc(OC2CCCNC2)c2occc2c1. The Bertz CT molecular complexity index is 471. The summed E-state index contributed by atoms with van der Waals surface area (Å²) in [6.07, 6.45) is 4.27. The van der Waals surface area contributed by atoms with E-state index in [9.17, 15) is 0 Å². The number of furan rings is 1. The number of hydrogen-bond donors (Lipinski definition) is 1. The molecule has 3 heteroatoms. The van der Waals surface area contributed by atoms with E-state index in [0.717, 1.165) is 36.2 Å². The molecule has 1 fully saturated rings. The van der Waals surface area contributed by atoms with Crippen molar-refractivity contribution >= 4 is 11.0 Å². The molecule has 1 aliphatic rings. The summed E-state index contributed by atoms with van der Waals surface area (Å²) in [6.45, 7) is 2.03. The Kier molecular flexibility index (Phi) is 2.54. The Morgan fingerprint density at radius 1 is 1.31 bits per heavy atom. The number of hydrogen-bond acceptors (Lipinski definition) is 3. The van der Waals surface area contributed by atoms with Gasteiger partial charge >= 0.3 is 0 Å². The molecule has 0 radical (unpaired) electrons. The number of ether oxygens (including phenoxy) is 1. The summed E-state index contributed by atoms with van der Waals surface area (Å²) in [5.74, 6) is 0.858. The standard InChI is InChI=1S/C13H15NO2/c1-3-10-6-8-15-13(10)12(5-1)16-11-4-2-7-14-9-11/h1,3,5-6,8,11,14H,2,4,7,9H2. The first-order valence-corrected chi connectivity index (χ1v) is 5.77. The van der Waals surface area contributed by atoms with E-state index in [-0.39, 0.29) is 6.10 Å². The molecular weight excluding hydrogens is 202 g/mol. The first kappa shape index (κ1) is 9.73. The van der Waals surface area contributed by atoms with Crippen LogP contribution in [0.4, 0.5) is 0 Å². The van der Waals surface area contributed by atoms with Crippen LogP contribution in [0.2, 0.25) is 0 Å². The van der Waals surface area contributed by atoms with Crippen LogP contribution in [0.15, 0.2) is 34.9 Å². The average molecular weight is 217 g/mol. The minimum atomic E-state index is 0.268. The molecule has 1 aliphatic heterocycles. The normalized spacial score (nSPS) is 21.1. The molecule has 0 spiro atoms. The van der Waals surface area contributed by atoms with Gasteiger partial charge in [0, 0.05) is 11.9 Å². The number of nitrogens with one attached hydrogen (secondary N) is 1. The van der Waals surface area contributed by atoms with E-state index in [1.54, 1.807) is 6.26 Å². The molecule has 3 rings (SSSR count). The van der Waals surface area contributed by atoms with Crippen LogP contribution in [-0.4, -0.2) is 19.2 Å². The van der Waals surface area contributed by atoms with Gasteiger partial charge in [0.25, 0.3) is 0 Å². The van der Waals surface area contributed by atoms with Crippen LogP contribution in [0, 0.1) is 0 Å². The van der Waals surface area contributed by atoms with E-state index in [4.69, 9.17) is 9.15 Å². The quantitative estimate of drug-likeness (QED) is 0.839. The molecule has 1 unspecified atom stereocenters. The fourth-order valence-electron chi connectivity index (χ4n) is 2.16. The molecule has 1 saturated heterocycles. The summed E-state index contributed by atoms with van der Waals surface area (Å²) in [7, 11) is 0. The molecule has 0 aliphatic carbocycles. The second kappa shape index (κ2) is 4.18. The second-order valence-corrected chi connectivity index (χ2v) is 4.18. The molecule has 2 heterocycles. The van der Waals surface area contributed by atoms with Crippen LogP contribution in [0.1, 0.15) is 12.8 Å². The van der Waals surface area contributed by atoms with Crippen molar-refractivity contribution in [1.82, 2.24) is 5.32 Å². The Labute approximate surface area is 94.4 Å². The Hall–Kier alpha value is -1.48. The van der Waals surface area contributed by atoms with Gasteiger partial charge in [0.1, 0.15) is 6.10 Å². The van der Waals surface area contributed by atoms with Gasteiger partial charge in [-0.1, -0.05) is 12.1 Å². The van der Waals surface area contributed by atoms with Crippen LogP contribution < -0.4 is 10.1 Å². The molecule has 16 heavy (non-hydrogen) atoms. The highest BCUT2D eigenvalue weighted by Crippen LogP contribution is 2.27. The van der Waals surface area contributed by atoms with Gasteiger partial charge in [0.15, 0.2) is 11.3 Å². The average Bonchev–Trinajstić information content (AvgIpc) is 2.80. The smallest absolute Gasteiger partial charge is 0.175 e. The lowest BCUT2D eigenvalue weighted by atomic mass is 10.1. The fourth-order valence-corrected chi connectivity index (χ4v) is 2.16. The van der Waals surface area contributed by atoms with Crippen LogP contribution in [0.5, 0.6) is 5.75 Å². The van der Waals surface area contributed by atoms with Crippen molar-refractivity contribution in [2.24, 2.45) is 0 Å². The zero-order valence-corrected chi connectivity index (χ0v) is 9.11. The number of rotatable bonds is 2. The largest absolute Gasteiger partial charge is 0.485 e. The Morgan fingerprint density at radius 2 is 2.31 bits per heavy atom. The third kappa shape index (κ3) is 1.78. The minimum Gasteiger partial charge on any atom is -0.485 e. The van der Waals surface area contributed by atoms with Gasteiger partial charge in [-0.2, -0.15) is 0 Å². The van der Waals surface area contributed by atoms with Gasteiger partial charge in [-0.05, 0) is 31.5 Å². The number of fused-ring (bicyclic) bond motifs is 1. The lowest BCUT2D eigenvalue weighted by Gasteiger charge is -2.23. The van der Waals surface area contributed by atoms with Crippen LogP contribution in [0.3, 0.4) is 0 Å². The van der Waals surface area contributed by atoms with E-state index in [1.807, 2.05) is 24.3 Å². The number of benzene rings is 1. The van der Waals surface area contributed by atoms with Crippen molar-refractivity contribution in [2.45, 2.75) is 18.9 Å². The van der Waals surface area contributed by atoms with Crippen molar-refractivity contribution in [3.63, 3.8) is 0 Å². The first-order chi connectivity index (χ1) is 7.93. The zero-order chi connectivity index (χ0) is 10.8. The zero-order valence-electron chi connectivity index (χ0n) is 9.11. The van der Waals surface area contributed by atoms with E-state index >= 15 is 0 Å². The summed E-state index contributed by atoms with van der Waals surface area (Å²) >= 11 is 0. The predicted molar refractivity (Wildman–Crippen MR) is 62.7 cm³/mol. The van der Waals surface area contributed by atoms with Crippen molar-refractivity contribution in [1.29, 1.82) is 0 Å². The molecule has 3 nitrogen and oxygen atoms in total. The van der Waals surface area contributed by atoms with Gasteiger partial charge in [-0.3, -0.25) is 0 Å². The molecule has 0 saturated carbocycles. The highest BCUT2D eigenvalue weighted by molar-refractivity contribution is 5.82. The molecule has 1 atom stereocenters. The van der Waals surface area contributed by atoms with Crippen molar-refractivity contribution in [2.75, 3.05) is 13.1 Å². The van der Waals surface area contributed by atoms with Crippen LogP contribution in [-0.2, 0) is 0 Å². The number of para-hydroxylation sites is 1. The van der Waals surface area contributed by atoms with Gasteiger partial charge < -0.3 is 14.5 Å². The molecule has 1 aromatic heterocycles. The first-order valence-electron chi connectivity index (χ1n) is 5.77. The minimum absolute atomic E-state index is 0.268. The van der Waals surface area contributed by atoms with E-state index in [1.165, 1.54) is 6.42 Å². The molecule has 84 valence electrons. The van der Waals surface area contributed by atoms with Crippen molar-refractivity contribution in [3.8, 4) is 5.75 Å². The monoisotopic (exact) mass is 217 g/mol. The predicted octanol–water partition coefficient (Wildman–Crippen LogP) is 2.56. The van der Waals surface area contributed by atoms with E-state index in [0.29, 0.717) is 0 Å². The highest BCUT2D eigenvalue weighted by atomic mass is 16.5. The maximum absolute atomic E-state index is 5.97. The maximum atomic E-state index is 5.97. The summed E-state index contributed by atoms with van der Waals surface area (Å²) < 4.78 is 11.4. The third-order valence-electron chi connectivity index (χ3n) is 2.99. The van der Waals surface area contributed by atoms with E-state index in [2.05, 4.69) is 5.32 Å². The van der Waals surface area contributed by atoms with Gasteiger partial charge in [0.05, 0.1) is 6.26 Å². The Morgan fingerprint density at radius 3 is 3.19 bits per heavy atom. The molecule has 0 bridgehead atoms. The van der Waals surface area contributed by atoms with Crippen molar-refractivity contribution in [3.05, 3.63) is 30.5 Å². The second-order valence-electron chi connectivity index (χ2n) is 4.18. The maximum Gasteiger partial charge on any atom is 0.175 e. The van der Waals surface area contributed by atoms with Crippen molar-refractivity contribution < 1.29 is 9.15 Å². The molecule has 1 aromatic carbocycles. The summed E-state index contributed by atoms with van der Waals surface area (Å²) in [5, 5.41) is 4.44. The number of piperidine rings is 1. The summed E-state index contributed by atoms with van der Waals surface area (Å²) in [4.78, 5) is 0. The third-order valence-corrected chi connectivity index (χ3v) is 2.99. The van der Waals surface area contributed by atoms with Gasteiger partial charge in [0.2, 0.25) is 0 Å².